The number of fused-ring (bicyclic) bond motifs is 1. The summed E-state index contributed by atoms with van der Waals surface area (Å²) in [5.74, 6) is -0.935. The number of benzene rings is 1. The monoisotopic (exact) mass is 244 g/mol. The van der Waals surface area contributed by atoms with Crippen LogP contribution < -0.4 is 10.6 Å². The maximum absolute atomic E-state index is 12.0. The number of carbonyl (C=O) groups excluding carboxylic acids is 2. The molecule has 0 saturated heterocycles. The highest BCUT2D eigenvalue weighted by Gasteiger charge is 2.36. The normalized spacial score (nSPS) is 14.1. The first-order valence-electron chi connectivity index (χ1n) is 5.80. The fraction of sp³-hybridized carbons (Fsp3) is 0.286. The Bertz CT molecular complexity index is 561. The van der Waals surface area contributed by atoms with E-state index in [4.69, 9.17) is 5.73 Å². The van der Waals surface area contributed by atoms with E-state index >= 15 is 0 Å². The van der Waals surface area contributed by atoms with Crippen LogP contribution in [0.4, 0.5) is 5.69 Å². The molecule has 94 valence electrons. The van der Waals surface area contributed by atoms with E-state index in [1.54, 1.807) is 6.07 Å². The average Bonchev–Trinajstić information content (AvgIpc) is 2.54. The lowest BCUT2D eigenvalue weighted by Gasteiger charge is -2.19. The molecule has 1 heterocycles. The third kappa shape index (κ3) is 1.84. The first-order chi connectivity index (χ1) is 8.45. The molecule has 0 aliphatic carbocycles. The van der Waals surface area contributed by atoms with E-state index in [0.29, 0.717) is 24.3 Å². The van der Waals surface area contributed by atoms with E-state index < -0.39 is 11.7 Å². The van der Waals surface area contributed by atoms with Crippen molar-refractivity contribution in [3.8, 4) is 0 Å². The van der Waals surface area contributed by atoms with E-state index in [9.17, 15) is 9.59 Å². The summed E-state index contributed by atoms with van der Waals surface area (Å²) >= 11 is 0. The zero-order valence-electron chi connectivity index (χ0n) is 10.6. The van der Waals surface area contributed by atoms with Crippen molar-refractivity contribution in [1.82, 2.24) is 0 Å². The van der Waals surface area contributed by atoms with Crippen molar-refractivity contribution in [2.24, 2.45) is 5.73 Å². The molecule has 18 heavy (non-hydrogen) atoms. The second kappa shape index (κ2) is 4.38. The lowest BCUT2D eigenvalue weighted by molar-refractivity contribution is -0.114. The van der Waals surface area contributed by atoms with Gasteiger partial charge < -0.3 is 10.6 Å². The van der Waals surface area contributed by atoms with Crippen LogP contribution in [0.1, 0.15) is 21.5 Å². The predicted molar refractivity (Wildman–Crippen MR) is 70.8 cm³/mol. The van der Waals surface area contributed by atoms with E-state index in [2.05, 4.69) is 6.58 Å². The van der Waals surface area contributed by atoms with E-state index in [0.717, 1.165) is 16.7 Å². The molecule has 2 rings (SSSR count). The Morgan fingerprint density at radius 1 is 1.33 bits per heavy atom. The molecule has 1 aromatic carbocycles. The molecule has 1 aliphatic rings. The average molecular weight is 244 g/mol. The molecule has 4 heteroatoms. The first kappa shape index (κ1) is 12.5. The minimum absolute atomic E-state index is 0.304. The quantitative estimate of drug-likeness (QED) is 0.644. The Hall–Kier alpha value is -1.94. The zero-order chi connectivity index (χ0) is 13.4. The maximum atomic E-state index is 12.0. The van der Waals surface area contributed by atoms with Gasteiger partial charge in [-0.1, -0.05) is 12.6 Å². The maximum Gasteiger partial charge on any atom is 0.299 e. The summed E-state index contributed by atoms with van der Waals surface area (Å²) in [5, 5.41) is 0. The number of aryl methyl sites for hydroxylation is 2. The molecular formula is C14H16N2O2. The van der Waals surface area contributed by atoms with Gasteiger partial charge in [-0.3, -0.25) is 9.59 Å². The van der Waals surface area contributed by atoms with Gasteiger partial charge in [-0.2, -0.15) is 0 Å². The van der Waals surface area contributed by atoms with Gasteiger partial charge >= 0.3 is 0 Å². The molecule has 1 amide bonds. The molecule has 4 nitrogen and oxygen atoms in total. The molecule has 0 atom stereocenters. The van der Waals surface area contributed by atoms with Gasteiger partial charge in [-0.05, 0) is 36.6 Å². The zero-order valence-corrected chi connectivity index (χ0v) is 10.6. The van der Waals surface area contributed by atoms with Crippen molar-refractivity contribution in [2.75, 3.05) is 18.0 Å². The van der Waals surface area contributed by atoms with Gasteiger partial charge in [-0.25, -0.2) is 0 Å². The van der Waals surface area contributed by atoms with E-state index in [1.165, 1.54) is 4.90 Å². The molecule has 0 fully saturated rings. The Balaban J connectivity index is 2.51. The van der Waals surface area contributed by atoms with Crippen molar-refractivity contribution in [2.45, 2.75) is 13.8 Å². The summed E-state index contributed by atoms with van der Waals surface area (Å²) in [6.45, 7) is 8.20. The summed E-state index contributed by atoms with van der Waals surface area (Å²) < 4.78 is 0. The predicted octanol–water partition coefficient (Wildman–Crippen LogP) is 1.35. The summed E-state index contributed by atoms with van der Waals surface area (Å²) in [6, 6.07) is 3.72. The van der Waals surface area contributed by atoms with Crippen LogP contribution in [-0.4, -0.2) is 24.8 Å². The van der Waals surface area contributed by atoms with Crippen LogP contribution in [0.25, 0.3) is 0 Å². The van der Waals surface area contributed by atoms with Gasteiger partial charge in [-0.15, -0.1) is 0 Å². The third-order valence-corrected chi connectivity index (χ3v) is 3.07. The van der Waals surface area contributed by atoms with Gasteiger partial charge in [0.05, 0.1) is 11.3 Å². The van der Waals surface area contributed by atoms with Gasteiger partial charge in [0.2, 0.25) is 0 Å². The number of rotatable bonds is 3. The summed E-state index contributed by atoms with van der Waals surface area (Å²) in [5.41, 5.74) is 9.31. The Morgan fingerprint density at radius 3 is 2.61 bits per heavy atom. The molecule has 0 radical (unpaired) electrons. The smallest absolute Gasteiger partial charge is 0.299 e. The molecule has 0 bridgehead atoms. The highest BCUT2D eigenvalue weighted by atomic mass is 16.2. The van der Waals surface area contributed by atoms with Crippen LogP contribution in [0.3, 0.4) is 0 Å². The number of anilines is 1. The molecule has 0 saturated carbocycles. The van der Waals surface area contributed by atoms with Crippen molar-refractivity contribution < 1.29 is 9.59 Å². The molecule has 2 N–H and O–H groups in total. The number of hydrogen-bond acceptors (Lipinski definition) is 3. The van der Waals surface area contributed by atoms with Crippen LogP contribution in [0.5, 0.6) is 0 Å². The molecule has 0 unspecified atom stereocenters. The first-order valence-corrected chi connectivity index (χ1v) is 5.80. The van der Waals surface area contributed by atoms with Gasteiger partial charge in [0.25, 0.3) is 11.7 Å². The Labute approximate surface area is 106 Å². The standard InChI is InChI=1S/C14H16N2O2/c1-8-4-10(3)12-11(5-8)13(17)14(18)16(12)7-9(2)6-15/h4-5H,2,6-7,15H2,1,3H3. The molecule has 0 aromatic heterocycles. The molecule has 1 aromatic rings. The number of nitrogens with zero attached hydrogens (tertiary/aromatic N) is 1. The largest absolute Gasteiger partial charge is 0.327 e. The van der Waals surface area contributed by atoms with Gasteiger partial charge in [0.1, 0.15) is 0 Å². The fourth-order valence-corrected chi connectivity index (χ4v) is 2.27. The Kier molecular flexibility index (Phi) is 3.05. The van der Waals surface area contributed by atoms with Crippen LogP contribution in [0, 0.1) is 13.8 Å². The SMILES string of the molecule is C=C(CN)CN1C(=O)C(=O)c2cc(C)cc(C)c21. The third-order valence-electron chi connectivity index (χ3n) is 3.07. The van der Waals surface area contributed by atoms with Crippen molar-refractivity contribution in [1.29, 1.82) is 0 Å². The highest BCUT2D eigenvalue weighted by molar-refractivity contribution is 6.52. The second-order valence-electron chi connectivity index (χ2n) is 4.65. The number of amides is 1. The lowest BCUT2D eigenvalue weighted by atomic mass is 10.0. The topological polar surface area (TPSA) is 63.4 Å². The van der Waals surface area contributed by atoms with E-state index in [-0.39, 0.29) is 0 Å². The molecule has 0 spiro atoms. The van der Waals surface area contributed by atoms with Gasteiger partial charge in [0, 0.05) is 13.1 Å². The summed E-state index contributed by atoms with van der Waals surface area (Å²) in [4.78, 5) is 25.4. The van der Waals surface area contributed by atoms with Crippen molar-refractivity contribution >= 4 is 17.4 Å². The van der Waals surface area contributed by atoms with Crippen LogP contribution in [-0.2, 0) is 4.79 Å². The number of hydrogen-bond donors (Lipinski definition) is 1. The molecular weight excluding hydrogens is 228 g/mol. The van der Waals surface area contributed by atoms with Crippen LogP contribution >= 0.6 is 0 Å². The lowest BCUT2D eigenvalue weighted by Crippen LogP contribution is -2.33. The summed E-state index contributed by atoms with van der Waals surface area (Å²) in [7, 11) is 0. The number of Topliss-reactive ketones (excluding diaryl/α,β-unsaturated/α-hetero) is 1. The number of carbonyl (C=O) groups is 2. The van der Waals surface area contributed by atoms with Crippen LogP contribution in [0.2, 0.25) is 0 Å². The summed E-state index contributed by atoms with van der Waals surface area (Å²) in [6.07, 6.45) is 0. The van der Waals surface area contributed by atoms with Crippen LogP contribution in [0.15, 0.2) is 24.3 Å². The highest BCUT2D eigenvalue weighted by Crippen LogP contribution is 2.33. The molecule has 1 aliphatic heterocycles. The van der Waals surface area contributed by atoms with Crippen molar-refractivity contribution in [3.63, 3.8) is 0 Å². The number of nitrogens with two attached hydrogens (primary N) is 1. The Morgan fingerprint density at radius 2 is 2.00 bits per heavy atom. The second-order valence-corrected chi connectivity index (χ2v) is 4.65. The minimum Gasteiger partial charge on any atom is -0.327 e. The van der Waals surface area contributed by atoms with E-state index in [1.807, 2.05) is 19.9 Å². The number of ketones is 1. The minimum atomic E-state index is -0.492. The van der Waals surface area contributed by atoms with Crippen molar-refractivity contribution in [3.05, 3.63) is 41.0 Å². The van der Waals surface area contributed by atoms with Gasteiger partial charge in [0.15, 0.2) is 0 Å². The fourth-order valence-electron chi connectivity index (χ4n) is 2.27.